The molecule has 1 amide bonds. The Morgan fingerprint density at radius 1 is 1.12 bits per heavy atom. The molecule has 1 aliphatic heterocycles. The number of anilines is 1. The Balaban J connectivity index is 0.00000385. The van der Waals surface area contributed by atoms with Crippen molar-refractivity contribution in [3.8, 4) is 5.75 Å². The second kappa shape index (κ2) is 12.0. The van der Waals surface area contributed by atoms with Crippen molar-refractivity contribution in [3.05, 3.63) is 59.7 Å². The van der Waals surface area contributed by atoms with Crippen LogP contribution in [0.1, 0.15) is 11.1 Å². The summed E-state index contributed by atoms with van der Waals surface area (Å²) in [5.74, 6) is 0.711. The summed E-state index contributed by atoms with van der Waals surface area (Å²) in [5, 5.41) is 3.29. The molecule has 1 saturated heterocycles. The number of halogens is 4. The standard InChI is InChI=1S/C22H26F3N5O2.HI/c1-27-21(28-14-16-4-2-7-19(12-16)32-15-20(26)31)30-10-8-29(9-11-30)18-6-3-5-17(13-18)22(23,24)25;/h2-7,12-13H,8-11,14-15H2,1H3,(H2,26,31)(H,27,28);1H. The number of piperazine rings is 1. The zero-order valence-corrected chi connectivity index (χ0v) is 20.5. The monoisotopic (exact) mass is 577 g/mol. The first-order chi connectivity index (χ1) is 15.3. The lowest BCUT2D eigenvalue weighted by Crippen LogP contribution is -2.52. The minimum Gasteiger partial charge on any atom is -0.484 e. The minimum absolute atomic E-state index is 0. The Bertz CT molecular complexity index is 963. The van der Waals surface area contributed by atoms with Crippen molar-refractivity contribution in [2.75, 3.05) is 44.7 Å². The molecular formula is C22H27F3IN5O2. The lowest BCUT2D eigenvalue weighted by Gasteiger charge is -2.37. The Hall–Kier alpha value is -2.70. The molecule has 7 nitrogen and oxygen atoms in total. The highest BCUT2D eigenvalue weighted by molar-refractivity contribution is 14.0. The van der Waals surface area contributed by atoms with Crippen LogP contribution < -0.4 is 20.7 Å². The van der Waals surface area contributed by atoms with E-state index in [0.717, 1.165) is 11.6 Å². The number of guanidine groups is 1. The maximum atomic E-state index is 13.0. The summed E-state index contributed by atoms with van der Waals surface area (Å²) in [7, 11) is 1.69. The van der Waals surface area contributed by atoms with Crippen LogP contribution in [0.2, 0.25) is 0 Å². The number of amides is 1. The molecule has 3 rings (SSSR count). The van der Waals surface area contributed by atoms with Gasteiger partial charge in [-0.2, -0.15) is 13.2 Å². The molecule has 0 spiro atoms. The fourth-order valence-corrected chi connectivity index (χ4v) is 3.47. The summed E-state index contributed by atoms with van der Waals surface area (Å²) in [6.45, 7) is 2.72. The summed E-state index contributed by atoms with van der Waals surface area (Å²) in [6, 6.07) is 12.7. The number of benzene rings is 2. The van der Waals surface area contributed by atoms with Crippen LogP contribution in [0, 0.1) is 0 Å². The maximum Gasteiger partial charge on any atom is 0.416 e. The molecule has 0 aliphatic carbocycles. The largest absolute Gasteiger partial charge is 0.484 e. The van der Waals surface area contributed by atoms with Gasteiger partial charge in [-0.15, -0.1) is 24.0 Å². The SMILES string of the molecule is CN=C(NCc1cccc(OCC(N)=O)c1)N1CCN(c2cccc(C(F)(F)F)c2)CC1.I. The van der Waals surface area contributed by atoms with Crippen molar-refractivity contribution in [2.45, 2.75) is 12.7 Å². The lowest BCUT2D eigenvalue weighted by molar-refractivity contribution is -0.137. The number of alkyl halides is 3. The quantitative estimate of drug-likeness (QED) is 0.314. The van der Waals surface area contributed by atoms with Gasteiger partial charge in [0.25, 0.3) is 5.91 Å². The number of aliphatic imine (C=N–C) groups is 1. The van der Waals surface area contributed by atoms with Gasteiger partial charge in [-0.1, -0.05) is 18.2 Å². The molecular weight excluding hydrogens is 550 g/mol. The Morgan fingerprint density at radius 2 is 1.82 bits per heavy atom. The van der Waals surface area contributed by atoms with Crippen LogP contribution in [0.5, 0.6) is 5.75 Å². The normalized spacial score (nSPS) is 14.5. The third kappa shape index (κ3) is 7.69. The van der Waals surface area contributed by atoms with Gasteiger partial charge >= 0.3 is 6.18 Å². The topological polar surface area (TPSA) is 83.2 Å². The molecule has 0 unspecified atom stereocenters. The molecule has 0 radical (unpaired) electrons. The summed E-state index contributed by atoms with van der Waals surface area (Å²) < 4.78 is 44.3. The zero-order valence-electron chi connectivity index (χ0n) is 18.1. The minimum atomic E-state index is -4.36. The second-order valence-electron chi connectivity index (χ2n) is 7.33. The molecule has 0 atom stereocenters. The van der Waals surface area contributed by atoms with E-state index in [9.17, 15) is 18.0 Å². The van der Waals surface area contributed by atoms with E-state index in [1.54, 1.807) is 19.2 Å². The number of nitrogens with two attached hydrogens (primary N) is 1. The van der Waals surface area contributed by atoms with Gasteiger partial charge in [-0.25, -0.2) is 0 Å². The van der Waals surface area contributed by atoms with E-state index in [1.807, 2.05) is 23.1 Å². The van der Waals surface area contributed by atoms with Crippen molar-refractivity contribution >= 4 is 41.5 Å². The van der Waals surface area contributed by atoms with Crippen LogP contribution >= 0.6 is 24.0 Å². The third-order valence-corrected chi connectivity index (χ3v) is 5.06. The highest BCUT2D eigenvalue weighted by Crippen LogP contribution is 2.31. The first-order valence-corrected chi connectivity index (χ1v) is 10.1. The molecule has 180 valence electrons. The summed E-state index contributed by atoms with van der Waals surface area (Å²) in [6.07, 6.45) is -4.36. The lowest BCUT2D eigenvalue weighted by atomic mass is 10.1. The number of rotatable bonds is 6. The predicted octanol–water partition coefficient (Wildman–Crippen LogP) is 3.09. The van der Waals surface area contributed by atoms with Gasteiger partial charge in [0.05, 0.1) is 5.56 Å². The van der Waals surface area contributed by atoms with Crippen molar-refractivity contribution in [2.24, 2.45) is 10.7 Å². The number of nitrogens with one attached hydrogen (secondary N) is 1. The van der Waals surface area contributed by atoms with E-state index in [2.05, 4.69) is 15.2 Å². The molecule has 0 bridgehead atoms. The number of carbonyl (C=O) groups excluding carboxylic acids is 1. The van der Waals surface area contributed by atoms with Crippen LogP contribution in [0.3, 0.4) is 0 Å². The molecule has 1 heterocycles. The van der Waals surface area contributed by atoms with Crippen molar-refractivity contribution in [1.82, 2.24) is 10.2 Å². The van der Waals surface area contributed by atoms with E-state index in [0.29, 0.717) is 50.1 Å². The highest BCUT2D eigenvalue weighted by atomic mass is 127. The number of ether oxygens (including phenoxy) is 1. The van der Waals surface area contributed by atoms with Crippen LogP contribution in [0.4, 0.5) is 18.9 Å². The van der Waals surface area contributed by atoms with E-state index < -0.39 is 17.6 Å². The molecule has 2 aromatic carbocycles. The smallest absolute Gasteiger partial charge is 0.416 e. The Labute approximate surface area is 207 Å². The van der Waals surface area contributed by atoms with Gasteiger partial charge in [0.2, 0.25) is 0 Å². The average Bonchev–Trinajstić information content (AvgIpc) is 2.78. The third-order valence-electron chi connectivity index (χ3n) is 5.06. The number of primary amides is 1. The predicted molar refractivity (Wildman–Crippen MR) is 132 cm³/mol. The van der Waals surface area contributed by atoms with Gasteiger partial charge in [0.1, 0.15) is 5.75 Å². The number of carbonyl (C=O) groups is 1. The molecule has 0 saturated carbocycles. The molecule has 3 N–H and O–H groups in total. The van der Waals surface area contributed by atoms with Crippen LogP contribution in [-0.4, -0.2) is 56.6 Å². The van der Waals surface area contributed by atoms with Crippen LogP contribution in [-0.2, 0) is 17.5 Å². The summed E-state index contributed by atoms with van der Waals surface area (Å²) in [4.78, 5) is 19.2. The van der Waals surface area contributed by atoms with Gasteiger partial charge in [0, 0.05) is 45.5 Å². The average molecular weight is 577 g/mol. The van der Waals surface area contributed by atoms with Crippen molar-refractivity contribution in [3.63, 3.8) is 0 Å². The fraction of sp³-hybridized carbons (Fsp3) is 0.364. The molecule has 2 aromatic rings. The first kappa shape index (κ1) is 26.6. The molecule has 1 fully saturated rings. The van der Waals surface area contributed by atoms with Crippen molar-refractivity contribution in [1.29, 1.82) is 0 Å². The fourth-order valence-electron chi connectivity index (χ4n) is 3.47. The van der Waals surface area contributed by atoms with Gasteiger partial charge < -0.3 is 25.6 Å². The van der Waals surface area contributed by atoms with E-state index in [-0.39, 0.29) is 30.6 Å². The van der Waals surface area contributed by atoms with Crippen molar-refractivity contribution < 1.29 is 22.7 Å². The van der Waals surface area contributed by atoms with Gasteiger partial charge in [0.15, 0.2) is 12.6 Å². The highest BCUT2D eigenvalue weighted by Gasteiger charge is 2.31. The molecule has 33 heavy (non-hydrogen) atoms. The van der Waals surface area contributed by atoms with Crippen LogP contribution in [0.15, 0.2) is 53.5 Å². The Morgan fingerprint density at radius 3 is 2.45 bits per heavy atom. The number of nitrogens with zero attached hydrogens (tertiary/aromatic N) is 3. The van der Waals surface area contributed by atoms with Gasteiger partial charge in [-0.05, 0) is 35.9 Å². The maximum absolute atomic E-state index is 13.0. The summed E-state index contributed by atoms with van der Waals surface area (Å²) in [5.41, 5.74) is 5.96. The molecule has 1 aliphatic rings. The summed E-state index contributed by atoms with van der Waals surface area (Å²) >= 11 is 0. The van der Waals surface area contributed by atoms with Gasteiger partial charge in [-0.3, -0.25) is 9.79 Å². The van der Waals surface area contributed by atoms with E-state index in [1.165, 1.54) is 12.1 Å². The molecule has 0 aromatic heterocycles. The number of hydrogen-bond donors (Lipinski definition) is 2. The van der Waals surface area contributed by atoms with Crippen LogP contribution in [0.25, 0.3) is 0 Å². The first-order valence-electron chi connectivity index (χ1n) is 10.1. The zero-order chi connectivity index (χ0) is 23.1. The van der Waals surface area contributed by atoms with E-state index >= 15 is 0 Å². The molecule has 11 heteroatoms. The Kier molecular flexibility index (Phi) is 9.62. The van der Waals surface area contributed by atoms with E-state index in [4.69, 9.17) is 10.5 Å². The second-order valence-corrected chi connectivity index (χ2v) is 7.33. The number of hydrogen-bond acceptors (Lipinski definition) is 4.